The van der Waals surface area contributed by atoms with Crippen molar-refractivity contribution in [3.8, 4) is 0 Å². The quantitative estimate of drug-likeness (QED) is 0.157. The largest absolute Gasteiger partial charge is 0.395 e. The minimum Gasteiger partial charge on any atom is -0.299 e. The van der Waals surface area contributed by atoms with Gasteiger partial charge in [-0.05, 0) is 48.2 Å². The fourth-order valence-corrected chi connectivity index (χ4v) is 4.45. The Balaban J connectivity index is 2.26. The van der Waals surface area contributed by atoms with Crippen LogP contribution in [-0.4, -0.2) is 23.7 Å². The van der Waals surface area contributed by atoms with Crippen molar-refractivity contribution in [2.75, 3.05) is 0 Å². The highest BCUT2D eigenvalue weighted by atomic mass is 35.5. The smallest absolute Gasteiger partial charge is 0.299 e. The van der Waals surface area contributed by atoms with Crippen molar-refractivity contribution in [1.82, 2.24) is 0 Å². The average molecular weight is 588 g/mol. The molecule has 2 atom stereocenters. The molecule has 0 aliphatic rings. The van der Waals surface area contributed by atoms with Crippen LogP contribution < -0.4 is 0 Å². The zero-order chi connectivity index (χ0) is 28.3. The zero-order valence-corrected chi connectivity index (χ0v) is 22.2. The van der Waals surface area contributed by atoms with Crippen LogP contribution in [0, 0.1) is 12.8 Å². The standard InChI is InChI=1S/C26H23Cl3F6O2/c1-13(6-17(36)12-26(33,34)35)7-23(37)18-5-4-15(8-14(18)2)22(30)11-19(25(3,31)32)16-9-20(27)24(29)21(28)10-16/h4-5,8-11,13,19H,6-7,12H2,1-3H3/b22-11-/t13-,19?/m1/s1. The van der Waals surface area contributed by atoms with Crippen LogP contribution in [0.2, 0.25) is 15.1 Å². The van der Waals surface area contributed by atoms with E-state index in [1.807, 2.05) is 0 Å². The summed E-state index contributed by atoms with van der Waals surface area (Å²) in [6.07, 6.45) is -6.05. The summed E-state index contributed by atoms with van der Waals surface area (Å²) in [5.41, 5.74) is 0.389. The van der Waals surface area contributed by atoms with Gasteiger partial charge in [0, 0.05) is 30.9 Å². The van der Waals surface area contributed by atoms with Crippen molar-refractivity contribution in [1.29, 1.82) is 0 Å². The van der Waals surface area contributed by atoms with E-state index in [1.54, 1.807) is 0 Å². The Bertz CT molecular complexity index is 1180. The highest BCUT2D eigenvalue weighted by molar-refractivity contribution is 6.48. The summed E-state index contributed by atoms with van der Waals surface area (Å²) >= 11 is 17.8. The van der Waals surface area contributed by atoms with Gasteiger partial charge >= 0.3 is 6.18 Å². The van der Waals surface area contributed by atoms with Crippen molar-refractivity contribution >= 4 is 52.2 Å². The molecule has 0 bridgehead atoms. The van der Waals surface area contributed by atoms with Gasteiger partial charge in [-0.15, -0.1) is 0 Å². The second kappa shape index (κ2) is 12.2. The average Bonchev–Trinajstić information content (AvgIpc) is 2.72. The van der Waals surface area contributed by atoms with Gasteiger partial charge in [0.2, 0.25) is 0 Å². The van der Waals surface area contributed by atoms with Gasteiger partial charge in [0.15, 0.2) is 5.78 Å². The topological polar surface area (TPSA) is 34.1 Å². The third-order valence-corrected chi connectivity index (χ3v) is 6.73. The van der Waals surface area contributed by atoms with E-state index in [2.05, 4.69) is 0 Å². The van der Waals surface area contributed by atoms with E-state index < -0.39 is 54.2 Å². The summed E-state index contributed by atoms with van der Waals surface area (Å²) in [4.78, 5) is 24.2. The number of carbonyl (C=O) groups excluding carboxylic acids is 2. The molecule has 0 saturated carbocycles. The van der Waals surface area contributed by atoms with Crippen LogP contribution in [0.25, 0.3) is 5.83 Å². The second-order valence-corrected chi connectivity index (χ2v) is 10.2. The summed E-state index contributed by atoms with van der Waals surface area (Å²) in [5.74, 6) is -8.22. The lowest BCUT2D eigenvalue weighted by molar-refractivity contribution is -0.152. The molecule has 0 saturated heterocycles. The molecule has 2 nitrogen and oxygen atoms in total. The van der Waals surface area contributed by atoms with Crippen LogP contribution in [0.15, 0.2) is 36.4 Å². The van der Waals surface area contributed by atoms with E-state index in [-0.39, 0.29) is 38.2 Å². The maximum atomic E-state index is 15.1. The molecule has 1 unspecified atom stereocenters. The second-order valence-electron chi connectivity index (χ2n) is 9.04. The van der Waals surface area contributed by atoms with Crippen molar-refractivity contribution in [3.05, 3.63) is 73.7 Å². The molecule has 2 rings (SSSR count). The third-order valence-electron chi connectivity index (χ3n) is 5.53. The summed E-state index contributed by atoms with van der Waals surface area (Å²) in [6, 6.07) is 6.19. The van der Waals surface area contributed by atoms with Gasteiger partial charge in [0.05, 0.1) is 21.0 Å². The summed E-state index contributed by atoms with van der Waals surface area (Å²) < 4.78 is 81.0. The zero-order valence-electron chi connectivity index (χ0n) is 20.0. The highest BCUT2D eigenvalue weighted by Gasteiger charge is 2.35. The summed E-state index contributed by atoms with van der Waals surface area (Å²) in [5, 5.41) is -0.162. The Hall–Kier alpha value is -2.03. The van der Waals surface area contributed by atoms with Crippen LogP contribution in [-0.2, 0) is 4.79 Å². The van der Waals surface area contributed by atoms with Crippen LogP contribution in [0.5, 0.6) is 0 Å². The number of aryl methyl sites for hydroxylation is 1. The maximum absolute atomic E-state index is 15.1. The van der Waals surface area contributed by atoms with Crippen molar-refractivity contribution in [3.63, 3.8) is 0 Å². The predicted octanol–water partition coefficient (Wildman–Crippen LogP) is 9.83. The van der Waals surface area contributed by atoms with E-state index >= 15 is 4.39 Å². The number of rotatable bonds is 10. The Morgan fingerprint density at radius 1 is 0.973 bits per heavy atom. The van der Waals surface area contributed by atoms with Crippen LogP contribution in [0.1, 0.15) is 66.1 Å². The molecule has 0 fully saturated rings. The molecule has 0 aliphatic heterocycles. The Morgan fingerprint density at radius 2 is 1.54 bits per heavy atom. The normalized spacial score (nSPS) is 14.4. The molecule has 0 heterocycles. The molecular formula is C26H23Cl3F6O2. The van der Waals surface area contributed by atoms with Crippen molar-refractivity contribution < 1.29 is 35.9 Å². The molecule has 0 aliphatic carbocycles. The fourth-order valence-electron chi connectivity index (χ4n) is 3.84. The van der Waals surface area contributed by atoms with E-state index in [1.165, 1.54) is 44.2 Å². The van der Waals surface area contributed by atoms with Crippen LogP contribution in [0.3, 0.4) is 0 Å². The van der Waals surface area contributed by atoms with Gasteiger partial charge in [-0.3, -0.25) is 9.59 Å². The van der Waals surface area contributed by atoms with Gasteiger partial charge in [0.1, 0.15) is 18.0 Å². The highest BCUT2D eigenvalue weighted by Crippen LogP contribution is 2.41. The summed E-state index contributed by atoms with van der Waals surface area (Å²) in [6.45, 7) is 3.61. The first kappa shape index (κ1) is 31.2. The Morgan fingerprint density at radius 3 is 2.03 bits per heavy atom. The number of halogens is 9. The van der Waals surface area contributed by atoms with Crippen LogP contribution in [0.4, 0.5) is 26.3 Å². The molecule has 2 aromatic rings. The molecule has 0 radical (unpaired) electrons. The van der Waals surface area contributed by atoms with E-state index in [0.717, 1.165) is 6.08 Å². The number of allylic oxidation sites excluding steroid dienone is 1. The third kappa shape index (κ3) is 9.04. The van der Waals surface area contributed by atoms with E-state index in [9.17, 15) is 31.5 Å². The van der Waals surface area contributed by atoms with Gasteiger partial charge in [-0.1, -0.05) is 53.9 Å². The molecule has 0 amide bonds. The minimum atomic E-state index is -4.61. The predicted molar refractivity (Wildman–Crippen MR) is 134 cm³/mol. The lowest BCUT2D eigenvalue weighted by Crippen LogP contribution is -2.21. The van der Waals surface area contributed by atoms with E-state index in [0.29, 0.717) is 12.5 Å². The fraction of sp³-hybridized carbons (Fsp3) is 0.385. The lowest BCUT2D eigenvalue weighted by Gasteiger charge is -2.22. The first-order valence-electron chi connectivity index (χ1n) is 11.0. The molecular weight excluding hydrogens is 565 g/mol. The number of Topliss-reactive ketones (excluding diaryl/α,β-unsaturated/α-hetero) is 2. The molecule has 0 aromatic heterocycles. The summed E-state index contributed by atoms with van der Waals surface area (Å²) in [7, 11) is 0. The van der Waals surface area contributed by atoms with Crippen molar-refractivity contribution in [2.45, 2.75) is 58.1 Å². The maximum Gasteiger partial charge on any atom is 0.395 e. The van der Waals surface area contributed by atoms with Crippen LogP contribution >= 0.6 is 34.8 Å². The molecule has 37 heavy (non-hydrogen) atoms. The van der Waals surface area contributed by atoms with E-state index in [4.69, 9.17) is 34.8 Å². The monoisotopic (exact) mass is 586 g/mol. The number of ketones is 2. The van der Waals surface area contributed by atoms with Gasteiger partial charge in [0.25, 0.3) is 5.92 Å². The molecule has 202 valence electrons. The number of alkyl halides is 5. The molecule has 0 spiro atoms. The minimum absolute atomic E-state index is 0.0235. The first-order valence-corrected chi connectivity index (χ1v) is 12.1. The Kier molecular flexibility index (Phi) is 10.3. The number of carbonyl (C=O) groups is 2. The molecule has 11 heteroatoms. The number of hydrogen-bond acceptors (Lipinski definition) is 2. The van der Waals surface area contributed by atoms with Gasteiger partial charge in [-0.2, -0.15) is 13.2 Å². The lowest BCUT2D eigenvalue weighted by atomic mass is 9.90. The number of benzene rings is 2. The molecule has 0 N–H and O–H groups in total. The molecule has 2 aromatic carbocycles. The first-order chi connectivity index (χ1) is 16.9. The Labute approximate surface area is 225 Å². The van der Waals surface area contributed by atoms with Gasteiger partial charge in [-0.25, -0.2) is 13.2 Å². The van der Waals surface area contributed by atoms with Crippen molar-refractivity contribution in [2.24, 2.45) is 5.92 Å². The SMILES string of the molecule is Cc1cc(/C(F)=C/C(c2cc(Cl)c(Cl)c(Cl)c2)C(C)(F)F)ccc1C(=O)C[C@H](C)CC(=O)CC(F)(F)F. The number of hydrogen-bond donors (Lipinski definition) is 0. The van der Waals surface area contributed by atoms with Gasteiger partial charge < -0.3 is 0 Å².